The first kappa shape index (κ1) is 19.6. The van der Waals surface area contributed by atoms with Gasteiger partial charge in [-0.25, -0.2) is 4.79 Å². The number of nitrogens with one attached hydrogen (secondary N) is 1. The molecule has 2 aliphatic heterocycles. The summed E-state index contributed by atoms with van der Waals surface area (Å²) in [4.78, 5) is 24.2. The van der Waals surface area contributed by atoms with Crippen molar-refractivity contribution in [3.63, 3.8) is 0 Å². The van der Waals surface area contributed by atoms with E-state index in [1.165, 1.54) is 6.21 Å². The number of ketones is 1. The highest BCUT2D eigenvalue weighted by Gasteiger charge is 2.26. The quantitative estimate of drug-likeness (QED) is 0.686. The van der Waals surface area contributed by atoms with Crippen molar-refractivity contribution in [3.05, 3.63) is 41.0 Å². The van der Waals surface area contributed by atoms with Gasteiger partial charge in [0.1, 0.15) is 11.8 Å². The van der Waals surface area contributed by atoms with E-state index < -0.39 is 12.0 Å². The zero-order valence-electron chi connectivity index (χ0n) is 16.3. The van der Waals surface area contributed by atoms with Gasteiger partial charge in [-0.3, -0.25) is 10.2 Å². The molecular formula is C22H26N2O5. The van der Waals surface area contributed by atoms with Crippen molar-refractivity contribution < 1.29 is 24.2 Å². The van der Waals surface area contributed by atoms with E-state index in [0.29, 0.717) is 29.6 Å². The van der Waals surface area contributed by atoms with Gasteiger partial charge in [0.2, 0.25) is 0 Å². The first-order valence-corrected chi connectivity index (χ1v) is 10.2. The zero-order valence-corrected chi connectivity index (χ0v) is 16.3. The minimum atomic E-state index is -0.994. The average molecular weight is 398 g/mol. The molecule has 1 aromatic rings. The van der Waals surface area contributed by atoms with E-state index in [-0.39, 0.29) is 12.2 Å². The van der Waals surface area contributed by atoms with Crippen molar-refractivity contribution in [1.29, 1.82) is 0 Å². The summed E-state index contributed by atoms with van der Waals surface area (Å²) >= 11 is 0. The van der Waals surface area contributed by atoms with Gasteiger partial charge in [-0.1, -0.05) is 6.08 Å². The second kappa shape index (κ2) is 8.78. The molecule has 7 nitrogen and oxygen atoms in total. The number of allylic oxidation sites excluding steroid dienone is 1. The summed E-state index contributed by atoms with van der Waals surface area (Å²) in [5.74, 6) is 0.523. The van der Waals surface area contributed by atoms with Crippen LogP contribution in [0.4, 0.5) is 0 Å². The van der Waals surface area contributed by atoms with Crippen LogP contribution in [0.25, 0.3) is 0 Å². The Labute approximate surface area is 169 Å². The molecule has 1 saturated heterocycles. The Balaban J connectivity index is 1.51. The molecule has 1 atom stereocenters. The maximum atomic E-state index is 13.1. The number of carbonyl (C=O) groups excluding carboxylic acids is 1. The molecule has 0 radical (unpaired) electrons. The number of carboxylic acid groups (broad SMARTS) is 1. The minimum absolute atomic E-state index is 0.167. The molecule has 1 aromatic carbocycles. The number of carbonyl (C=O) groups is 2. The van der Waals surface area contributed by atoms with E-state index in [9.17, 15) is 9.59 Å². The predicted molar refractivity (Wildman–Crippen MR) is 108 cm³/mol. The van der Waals surface area contributed by atoms with Crippen LogP contribution < -0.4 is 10.2 Å². The second-order valence-electron chi connectivity index (χ2n) is 7.93. The van der Waals surface area contributed by atoms with Crippen LogP contribution >= 0.6 is 0 Å². The number of benzene rings is 1. The lowest BCUT2D eigenvalue weighted by atomic mass is 9.98. The molecule has 4 rings (SSSR count). The highest BCUT2D eigenvalue weighted by molar-refractivity contribution is 6.21. The molecule has 1 saturated carbocycles. The van der Waals surface area contributed by atoms with Crippen molar-refractivity contribution in [3.8, 4) is 5.75 Å². The van der Waals surface area contributed by atoms with E-state index in [2.05, 4.69) is 10.5 Å². The van der Waals surface area contributed by atoms with Crippen LogP contribution in [0.1, 0.15) is 53.9 Å². The number of hydrogen-bond donors (Lipinski definition) is 2. The SMILES string of the molecule is O=C(C1=CCC(C(=O)O)NN=C1)c1cc(OCC2CCOCC2)cc(C2CC2)c1. The van der Waals surface area contributed by atoms with Crippen molar-refractivity contribution in [2.45, 2.75) is 44.1 Å². The number of carboxylic acids is 1. The molecule has 0 aromatic heterocycles. The first-order chi connectivity index (χ1) is 14.1. The maximum Gasteiger partial charge on any atom is 0.328 e. The van der Waals surface area contributed by atoms with Crippen molar-refractivity contribution in [2.24, 2.45) is 11.0 Å². The number of rotatable bonds is 7. The smallest absolute Gasteiger partial charge is 0.328 e. The molecule has 2 fully saturated rings. The third kappa shape index (κ3) is 5.03. The van der Waals surface area contributed by atoms with Crippen LogP contribution in [-0.4, -0.2) is 48.9 Å². The van der Waals surface area contributed by atoms with Crippen LogP contribution in [0.5, 0.6) is 5.75 Å². The normalized spacial score (nSPS) is 22.3. The van der Waals surface area contributed by atoms with Gasteiger partial charge < -0.3 is 14.6 Å². The summed E-state index contributed by atoms with van der Waals surface area (Å²) in [7, 11) is 0. The topological polar surface area (TPSA) is 97.2 Å². The Kier molecular flexibility index (Phi) is 5.94. The van der Waals surface area contributed by atoms with Gasteiger partial charge in [0.05, 0.1) is 12.8 Å². The molecule has 0 spiro atoms. The third-order valence-corrected chi connectivity index (χ3v) is 5.63. The van der Waals surface area contributed by atoms with Crippen LogP contribution in [0.2, 0.25) is 0 Å². The van der Waals surface area contributed by atoms with Crippen LogP contribution in [-0.2, 0) is 9.53 Å². The number of ether oxygens (including phenoxy) is 2. The van der Waals surface area contributed by atoms with Crippen molar-refractivity contribution in [1.82, 2.24) is 5.43 Å². The van der Waals surface area contributed by atoms with E-state index in [4.69, 9.17) is 14.6 Å². The van der Waals surface area contributed by atoms with E-state index in [0.717, 1.165) is 50.2 Å². The highest BCUT2D eigenvalue weighted by atomic mass is 16.5. The van der Waals surface area contributed by atoms with Gasteiger partial charge in [0, 0.05) is 24.4 Å². The first-order valence-electron chi connectivity index (χ1n) is 10.2. The van der Waals surface area contributed by atoms with Gasteiger partial charge in [-0.05, 0) is 67.7 Å². The third-order valence-electron chi connectivity index (χ3n) is 5.63. The lowest BCUT2D eigenvalue weighted by molar-refractivity contribution is -0.139. The summed E-state index contributed by atoms with van der Waals surface area (Å²) in [6.07, 6.45) is 7.49. The van der Waals surface area contributed by atoms with Crippen molar-refractivity contribution >= 4 is 18.0 Å². The molecule has 0 amide bonds. The fourth-order valence-corrected chi connectivity index (χ4v) is 3.64. The molecule has 154 valence electrons. The van der Waals surface area contributed by atoms with Crippen molar-refractivity contribution in [2.75, 3.05) is 19.8 Å². The predicted octanol–water partition coefficient (Wildman–Crippen LogP) is 2.91. The highest BCUT2D eigenvalue weighted by Crippen LogP contribution is 2.42. The summed E-state index contributed by atoms with van der Waals surface area (Å²) in [6.45, 7) is 2.18. The number of aliphatic carboxylic acids is 1. The molecule has 2 N–H and O–H groups in total. The van der Waals surface area contributed by atoms with E-state index >= 15 is 0 Å². The van der Waals surface area contributed by atoms with Gasteiger partial charge >= 0.3 is 5.97 Å². The van der Waals surface area contributed by atoms with Gasteiger partial charge in [0.25, 0.3) is 0 Å². The molecule has 29 heavy (non-hydrogen) atoms. The van der Waals surface area contributed by atoms with Gasteiger partial charge in [-0.15, -0.1) is 0 Å². The Morgan fingerprint density at radius 3 is 2.69 bits per heavy atom. The monoisotopic (exact) mass is 398 g/mol. The Hall–Kier alpha value is -2.67. The van der Waals surface area contributed by atoms with Crippen LogP contribution in [0, 0.1) is 5.92 Å². The van der Waals surface area contributed by atoms with Crippen LogP contribution in [0.3, 0.4) is 0 Å². The second-order valence-corrected chi connectivity index (χ2v) is 7.93. The van der Waals surface area contributed by atoms with E-state index in [1.807, 2.05) is 12.1 Å². The minimum Gasteiger partial charge on any atom is -0.493 e. The molecular weight excluding hydrogens is 372 g/mol. The fraction of sp³-hybridized carbons (Fsp3) is 0.500. The largest absolute Gasteiger partial charge is 0.493 e. The lowest BCUT2D eigenvalue weighted by Crippen LogP contribution is -2.31. The lowest BCUT2D eigenvalue weighted by Gasteiger charge is -2.22. The molecule has 2 heterocycles. The summed E-state index contributed by atoms with van der Waals surface area (Å²) in [5.41, 5.74) is 4.64. The zero-order chi connectivity index (χ0) is 20.2. The standard InChI is InChI=1S/C22H26N2O5/c25-21(16-3-4-20(22(26)27)24-23-12-16)18-9-17(15-1-2-15)10-19(11-18)29-13-14-5-7-28-8-6-14/h3,9-12,14-15,20,24H,1-2,4-8,13H2,(H,26,27). The number of hydrazone groups is 1. The summed E-state index contributed by atoms with van der Waals surface area (Å²) in [6, 6.07) is 4.94. The molecule has 0 bridgehead atoms. The van der Waals surface area contributed by atoms with Gasteiger partial charge in [-0.2, -0.15) is 5.10 Å². The maximum absolute atomic E-state index is 13.1. The Morgan fingerprint density at radius 1 is 1.17 bits per heavy atom. The Morgan fingerprint density at radius 2 is 1.97 bits per heavy atom. The van der Waals surface area contributed by atoms with Crippen LogP contribution in [0.15, 0.2) is 34.9 Å². The molecule has 3 aliphatic rings. The average Bonchev–Trinajstić information content (AvgIpc) is 3.59. The van der Waals surface area contributed by atoms with E-state index in [1.54, 1.807) is 12.1 Å². The Bertz CT molecular complexity index is 838. The molecule has 1 unspecified atom stereocenters. The molecule has 1 aliphatic carbocycles. The summed E-state index contributed by atoms with van der Waals surface area (Å²) < 4.78 is 11.5. The number of hydrogen-bond acceptors (Lipinski definition) is 6. The number of nitrogens with zero attached hydrogens (tertiary/aromatic N) is 1. The number of Topliss-reactive ketones (excluding diaryl/α,β-unsaturated/α-hetero) is 1. The van der Waals surface area contributed by atoms with Gasteiger partial charge in [0.15, 0.2) is 5.78 Å². The molecule has 7 heteroatoms. The summed E-state index contributed by atoms with van der Waals surface area (Å²) in [5, 5.41) is 13.0. The fourth-order valence-electron chi connectivity index (χ4n) is 3.64.